The smallest absolute Gasteiger partial charge is 0.0376 e. The van der Waals surface area contributed by atoms with Gasteiger partial charge in [-0.05, 0) is 19.4 Å². The van der Waals surface area contributed by atoms with E-state index in [0.717, 1.165) is 5.92 Å². The molecule has 0 saturated carbocycles. The van der Waals surface area contributed by atoms with Gasteiger partial charge >= 0.3 is 0 Å². The minimum Gasteiger partial charge on any atom is -0.300 e. The van der Waals surface area contributed by atoms with Crippen molar-refractivity contribution < 1.29 is 0 Å². The molecule has 1 heterocycles. The van der Waals surface area contributed by atoms with Crippen molar-refractivity contribution in [3.8, 4) is 0 Å². The van der Waals surface area contributed by atoms with E-state index in [1.54, 1.807) is 0 Å². The Morgan fingerprint density at radius 3 is 2.87 bits per heavy atom. The van der Waals surface area contributed by atoms with Gasteiger partial charge in [-0.25, -0.2) is 0 Å². The zero-order chi connectivity index (χ0) is 11.3. The second kappa shape index (κ2) is 6.74. The Bertz CT molecular complexity index is 177. The third-order valence-corrected chi connectivity index (χ3v) is 4.52. The fourth-order valence-corrected chi connectivity index (χ4v) is 3.38. The van der Waals surface area contributed by atoms with E-state index in [4.69, 9.17) is 5.84 Å². The second-order valence-electron chi connectivity index (χ2n) is 4.65. The molecule has 1 fully saturated rings. The van der Waals surface area contributed by atoms with Crippen LogP contribution < -0.4 is 11.3 Å². The molecule has 3 unspecified atom stereocenters. The third kappa shape index (κ3) is 3.94. The molecule has 1 rings (SSSR count). The van der Waals surface area contributed by atoms with Crippen molar-refractivity contribution in [1.82, 2.24) is 10.3 Å². The van der Waals surface area contributed by atoms with E-state index in [0.29, 0.717) is 12.1 Å². The van der Waals surface area contributed by atoms with E-state index in [2.05, 4.69) is 31.2 Å². The summed E-state index contributed by atoms with van der Waals surface area (Å²) in [6.45, 7) is 5.74. The van der Waals surface area contributed by atoms with Gasteiger partial charge in [0.1, 0.15) is 0 Å². The quantitative estimate of drug-likeness (QED) is 0.553. The summed E-state index contributed by atoms with van der Waals surface area (Å²) in [5.41, 5.74) is 3.01. The molecule has 0 amide bonds. The molecule has 15 heavy (non-hydrogen) atoms. The Balaban J connectivity index is 2.48. The van der Waals surface area contributed by atoms with Gasteiger partial charge in [0.15, 0.2) is 0 Å². The molecular weight excluding hydrogens is 206 g/mol. The number of hydrogen-bond donors (Lipinski definition) is 2. The van der Waals surface area contributed by atoms with Crippen LogP contribution in [0.25, 0.3) is 0 Å². The number of nitrogens with two attached hydrogens (primary N) is 1. The Labute approximate surface area is 98.1 Å². The minimum atomic E-state index is 0.442. The van der Waals surface area contributed by atoms with Gasteiger partial charge in [0.05, 0.1) is 0 Å². The van der Waals surface area contributed by atoms with Gasteiger partial charge in [-0.2, -0.15) is 11.8 Å². The number of hydrogen-bond acceptors (Lipinski definition) is 4. The molecule has 90 valence electrons. The van der Waals surface area contributed by atoms with Crippen LogP contribution in [0.3, 0.4) is 0 Å². The molecular formula is C11H25N3S. The number of nitrogens with zero attached hydrogens (tertiary/aromatic N) is 1. The molecule has 0 aromatic carbocycles. The van der Waals surface area contributed by atoms with Gasteiger partial charge in [-0.3, -0.25) is 11.3 Å². The number of hydrazine groups is 1. The number of rotatable bonds is 5. The fraction of sp³-hybridized carbons (Fsp3) is 1.00. The van der Waals surface area contributed by atoms with Crippen LogP contribution in [0.4, 0.5) is 0 Å². The monoisotopic (exact) mass is 231 g/mol. The van der Waals surface area contributed by atoms with Gasteiger partial charge in [0.2, 0.25) is 0 Å². The molecule has 4 heteroatoms. The molecule has 0 aromatic heterocycles. The molecule has 1 aliphatic heterocycles. The maximum Gasteiger partial charge on any atom is 0.0376 e. The average Bonchev–Trinajstić information content (AvgIpc) is 2.26. The lowest BCUT2D eigenvalue weighted by atomic mass is 9.95. The van der Waals surface area contributed by atoms with Crippen LogP contribution in [0.2, 0.25) is 0 Å². The van der Waals surface area contributed by atoms with E-state index in [1.165, 1.54) is 30.9 Å². The Morgan fingerprint density at radius 1 is 1.60 bits per heavy atom. The van der Waals surface area contributed by atoms with E-state index < -0.39 is 0 Å². The molecule has 0 radical (unpaired) electrons. The molecule has 0 aromatic rings. The summed E-state index contributed by atoms with van der Waals surface area (Å²) in [4.78, 5) is 2.45. The van der Waals surface area contributed by atoms with Crippen molar-refractivity contribution in [2.24, 2.45) is 11.8 Å². The summed E-state index contributed by atoms with van der Waals surface area (Å²) in [6, 6.07) is 1.04. The van der Waals surface area contributed by atoms with Crippen LogP contribution in [0.1, 0.15) is 26.7 Å². The van der Waals surface area contributed by atoms with Gasteiger partial charge in [0, 0.05) is 30.1 Å². The van der Waals surface area contributed by atoms with Crippen LogP contribution in [-0.2, 0) is 0 Å². The predicted molar refractivity (Wildman–Crippen MR) is 68.9 cm³/mol. The van der Waals surface area contributed by atoms with Gasteiger partial charge in [-0.15, -0.1) is 0 Å². The Hall–Kier alpha value is 0.230. The maximum absolute atomic E-state index is 5.68. The molecule has 1 saturated heterocycles. The number of thioether (sulfide) groups is 1. The molecule has 1 aliphatic rings. The zero-order valence-electron chi connectivity index (χ0n) is 10.2. The molecule has 3 atom stereocenters. The largest absolute Gasteiger partial charge is 0.300 e. The number of likely N-dealkylation sites (N-methyl/N-ethyl adjacent to an activating group) is 1. The van der Waals surface area contributed by atoms with Crippen molar-refractivity contribution in [1.29, 1.82) is 0 Å². The molecule has 3 nitrogen and oxygen atoms in total. The average molecular weight is 231 g/mol. The number of nitrogens with one attached hydrogen (secondary N) is 1. The first-order valence-electron chi connectivity index (χ1n) is 5.93. The lowest BCUT2D eigenvalue weighted by molar-refractivity contribution is 0.195. The van der Waals surface area contributed by atoms with Crippen LogP contribution in [0, 0.1) is 5.92 Å². The third-order valence-electron chi connectivity index (χ3n) is 3.47. The molecule has 0 bridgehead atoms. The normalized spacial score (nSPS) is 27.6. The van der Waals surface area contributed by atoms with Crippen LogP contribution >= 0.6 is 11.8 Å². The predicted octanol–water partition coefficient (Wildman–Crippen LogP) is 1.30. The maximum atomic E-state index is 5.68. The molecule has 0 spiro atoms. The highest BCUT2D eigenvalue weighted by Crippen LogP contribution is 2.21. The summed E-state index contributed by atoms with van der Waals surface area (Å²) >= 11 is 2.05. The Morgan fingerprint density at radius 2 is 2.33 bits per heavy atom. The van der Waals surface area contributed by atoms with Crippen molar-refractivity contribution in [3.05, 3.63) is 0 Å². The summed E-state index contributed by atoms with van der Waals surface area (Å²) in [5, 5.41) is 0. The zero-order valence-corrected chi connectivity index (χ0v) is 11.0. The second-order valence-corrected chi connectivity index (χ2v) is 5.79. The van der Waals surface area contributed by atoms with Gasteiger partial charge in [0.25, 0.3) is 0 Å². The van der Waals surface area contributed by atoms with Crippen LogP contribution in [-0.4, -0.2) is 42.1 Å². The summed E-state index contributed by atoms with van der Waals surface area (Å²) < 4.78 is 0. The fourth-order valence-electron chi connectivity index (χ4n) is 2.07. The highest BCUT2D eigenvalue weighted by molar-refractivity contribution is 7.99. The first kappa shape index (κ1) is 13.3. The summed E-state index contributed by atoms with van der Waals surface area (Å²) in [6.07, 6.45) is 2.42. The van der Waals surface area contributed by atoms with Gasteiger partial charge in [-0.1, -0.05) is 20.3 Å². The summed E-state index contributed by atoms with van der Waals surface area (Å²) in [5.74, 6) is 8.91. The first-order valence-corrected chi connectivity index (χ1v) is 7.08. The van der Waals surface area contributed by atoms with Gasteiger partial charge < -0.3 is 4.90 Å². The minimum absolute atomic E-state index is 0.442. The topological polar surface area (TPSA) is 41.3 Å². The van der Waals surface area contributed by atoms with Crippen LogP contribution in [0.15, 0.2) is 0 Å². The van der Waals surface area contributed by atoms with Crippen molar-refractivity contribution >= 4 is 11.8 Å². The van der Waals surface area contributed by atoms with E-state index >= 15 is 0 Å². The molecule has 0 aliphatic carbocycles. The van der Waals surface area contributed by atoms with E-state index in [9.17, 15) is 0 Å². The van der Waals surface area contributed by atoms with Crippen LogP contribution in [0.5, 0.6) is 0 Å². The first-order chi connectivity index (χ1) is 7.19. The van der Waals surface area contributed by atoms with Crippen molar-refractivity contribution in [3.63, 3.8) is 0 Å². The lowest BCUT2D eigenvalue weighted by Gasteiger charge is -2.38. The Kier molecular flexibility index (Phi) is 5.97. The lowest BCUT2D eigenvalue weighted by Crippen LogP contribution is -2.55. The van der Waals surface area contributed by atoms with E-state index in [-0.39, 0.29) is 0 Å². The van der Waals surface area contributed by atoms with Crippen molar-refractivity contribution in [2.45, 2.75) is 38.8 Å². The summed E-state index contributed by atoms with van der Waals surface area (Å²) in [7, 11) is 2.21. The van der Waals surface area contributed by atoms with E-state index in [1.807, 2.05) is 11.8 Å². The van der Waals surface area contributed by atoms with Crippen molar-refractivity contribution in [2.75, 3.05) is 25.1 Å². The highest BCUT2D eigenvalue weighted by atomic mass is 32.2. The standard InChI is InChI=1S/C11H25N3S/c1-4-9(2)7-10(13-12)11-8-15-6-5-14(11)3/h9-11,13H,4-8,12H2,1-3H3. The SMILES string of the molecule is CCC(C)CC(NN)C1CSCCN1C. The highest BCUT2D eigenvalue weighted by Gasteiger charge is 2.27. The molecule has 3 N–H and O–H groups in total.